The van der Waals surface area contributed by atoms with E-state index in [-0.39, 0.29) is 5.97 Å². The molecule has 0 aliphatic carbocycles. The quantitative estimate of drug-likeness (QED) is 0.799. The Balaban J connectivity index is 2.98. The second-order valence-corrected chi connectivity index (χ2v) is 4.00. The van der Waals surface area contributed by atoms with Crippen molar-refractivity contribution in [1.29, 1.82) is 0 Å². The summed E-state index contributed by atoms with van der Waals surface area (Å²) in [5, 5.41) is 3.18. The van der Waals surface area contributed by atoms with E-state index in [2.05, 4.69) is 5.32 Å². The van der Waals surface area contributed by atoms with Gasteiger partial charge in [0.2, 0.25) is 0 Å². The first-order chi connectivity index (χ1) is 8.07. The lowest BCUT2D eigenvalue weighted by Crippen LogP contribution is -2.43. The topological polar surface area (TPSA) is 47.6 Å². The Kier molecular flexibility index (Phi) is 4.37. The van der Waals surface area contributed by atoms with E-state index >= 15 is 0 Å². The minimum Gasteiger partial charge on any atom is -0.495 e. The summed E-state index contributed by atoms with van der Waals surface area (Å²) >= 11 is 0. The molecule has 1 aromatic carbocycles. The monoisotopic (exact) mass is 237 g/mol. The summed E-state index contributed by atoms with van der Waals surface area (Å²) in [6.07, 6.45) is 0.623. The fourth-order valence-corrected chi connectivity index (χ4v) is 1.55. The summed E-state index contributed by atoms with van der Waals surface area (Å²) in [6.45, 7) is 3.74. The minimum absolute atomic E-state index is 0.286. The average Bonchev–Trinajstić information content (AvgIpc) is 2.38. The number of benzene rings is 1. The van der Waals surface area contributed by atoms with Crippen molar-refractivity contribution in [2.45, 2.75) is 25.8 Å². The lowest BCUT2D eigenvalue weighted by Gasteiger charge is -2.28. The molecule has 0 fully saturated rings. The summed E-state index contributed by atoms with van der Waals surface area (Å²) in [5.41, 5.74) is 0.0355. The smallest absolute Gasteiger partial charge is 0.331 e. The molecule has 1 rings (SSSR count). The molecule has 1 atom stereocenters. The molecule has 1 unspecified atom stereocenters. The Labute approximate surface area is 102 Å². The van der Waals surface area contributed by atoms with Crippen LogP contribution in [0.2, 0.25) is 0 Å². The fourth-order valence-electron chi connectivity index (χ4n) is 1.55. The second kappa shape index (κ2) is 5.57. The van der Waals surface area contributed by atoms with Gasteiger partial charge in [-0.3, -0.25) is 0 Å². The van der Waals surface area contributed by atoms with Crippen LogP contribution in [0.15, 0.2) is 24.3 Å². The number of anilines is 1. The molecule has 1 N–H and O–H groups in total. The second-order valence-electron chi connectivity index (χ2n) is 4.00. The van der Waals surface area contributed by atoms with Crippen LogP contribution in [0.4, 0.5) is 5.69 Å². The minimum atomic E-state index is -0.747. The van der Waals surface area contributed by atoms with Gasteiger partial charge in [0.25, 0.3) is 0 Å². The maximum atomic E-state index is 11.7. The maximum absolute atomic E-state index is 11.7. The Morgan fingerprint density at radius 3 is 2.53 bits per heavy atom. The average molecular weight is 237 g/mol. The first kappa shape index (κ1) is 13.4. The molecule has 1 aromatic rings. The van der Waals surface area contributed by atoms with Gasteiger partial charge in [-0.25, -0.2) is 4.79 Å². The lowest BCUT2D eigenvalue weighted by molar-refractivity contribution is -0.145. The highest BCUT2D eigenvalue weighted by atomic mass is 16.5. The predicted molar refractivity (Wildman–Crippen MR) is 67.3 cm³/mol. The molecule has 94 valence electrons. The highest BCUT2D eigenvalue weighted by Crippen LogP contribution is 2.28. The number of rotatable bonds is 5. The van der Waals surface area contributed by atoms with Gasteiger partial charge in [0, 0.05) is 0 Å². The molecule has 0 bridgehead atoms. The van der Waals surface area contributed by atoms with Crippen LogP contribution in [0, 0.1) is 0 Å². The number of methoxy groups -OCH3 is 2. The Morgan fingerprint density at radius 1 is 1.35 bits per heavy atom. The van der Waals surface area contributed by atoms with E-state index < -0.39 is 5.54 Å². The zero-order valence-corrected chi connectivity index (χ0v) is 10.7. The standard InChI is InChI=1S/C13H19NO3/c1-5-13(2,12(15)17-4)14-10-8-6-7-9-11(10)16-3/h6-9,14H,5H2,1-4H3. The molecule has 0 heterocycles. The molecule has 17 heavy (non-hydrogen) atoms. The molecule has 0 amide bonds. The van der Waals surface area contributed by atoms with E-state index in [0.717, 1.165) is 5.69 Å². The SMILES string of the molecule is CCC(C)(Nc1ccccc1OC)C(=O)OC. The van der Waals surface area contributed by atoms with Gasteiger partial charge in [0.05, 0.1) is 19.9 Å². The summed E-state index contributed by atoms with van der Waals surface area (Å²) in [7, 11) is 2.99. The third-order valence-corrected chi connectivity index (χ3v) is 2.86. The first-order valence-electron chi connectivity index (χ1n) is 5.57. The summed E-state index contributed by atoms with van der Waals surface area (Å²) in [5.74, 6) is 0.419. The first-order valence-corrected chi connectivity index (χ1v) is 5.57. The van der Waals surface area contributed by atoms with Crippen LogP contribution < -0.4 is 10.1 Å². The zero-order chi connectivity index (χ0) is 12.9. The molecule has 4 nitrogen and oxygen atoms in total. The third-order valence-electron chi connectivity index (χ3n) is 2.86. The van der Waals surface area contributed by atoms with Gasteiger partial charge in [-0.05, 0) is 25.5 Å². The number of carbonyl (C=O) groups excluding carboxylic acids is 1. The van der Waals surface area contributed by atoms with Crippen LogP contribution >= 0.6 is 0 Å². The van der Waals surface area contributed by atoms with E-state index in [0.29, 0.717) is 12.2 Å². The molecule has 0 spiro atoms. The van der Waals surface area contributed by atoms with Crippen molar-refractivity contribution in [3.05, 3.63) is 24.3 Å². The molecule has 0 saturated heterocycles. The van der Waals surface area contributed by atoms with Crippen LogP contribution in [-0.4, -0.2) is 25.7 Å². The molecule has 4 heteroatoms. The molecule has 0 radical (unpaired) electrons. The lowest BCUT2D eigenvalue weighted by atomic mass is 9.98. The van der Waals surface area contributed by atoms with Gasteiger partial charge >= 0.3 is 5.97 Å². The number of para-hydroxylation sites is 2. The van der Waals surface area contributed by atoms with Crippen LogP contribution in [0.3, 0.4) is 0 Å². The van der Waals surface area contributed by atoms with Crippen molar-refractivity contribution < 1.29 is 14.3 Å². The number of hydrogen-bond acceptors (Lipinski definition) is 4. The maximum Gasteiger partial charge on any atom is 0.331 e. The highest BCUT2D eigenvalue weighted by molar-refractivity contribution is 5.84. The number of hydrogen-bond donors (Lipinski definition) is 1. The van der Waals surface area contributed by atoms with Gasteiger partial charge in [-0.2, -0.15) is 0 Å². The van der Waals surface area contributed by atoms with E-state index in [9.17, 15) is 4.79 Å². The summed E-state index contributed by atoms with van der Waals surface area (Å²) in [6, 6.07) is 7.48. The van der Waals surface area contributed by atoms with Gasteiger partial charge in [-0.1, -0.05) is 19.1 Å². The van der Waals surface area contributed by atoms with E-state index in [1.807, 2.05) is 38.1 Å². The van der Waals surface area contributed by atoms with Crippen molar-refractivity contribution in [2.24, 2.45) is 0 Å². The molecule has 0 saturated carbocycles. The predicted octanol–water partition coefficient (Wildman–Crippen LogP) is 2.45. The van der Waals surface area contributed by atoms with Gasteiger partial charge < -0.3 is 14.8 Å². The number of nitrogens with one attached hydrogen (secondary N) is 1. The van der Waals surface area contributed by atoms with E-state index in [1.165, 1.54) is 7.11 Å². The van der Waals surface area contributed by atoms with Gasteiger partial charge in [-0.15, -0.1) is 0 Å². The van der Waals surface area contributed by atoms with Crippen LogP contribution in [-0.2, 0) is 9.53 Å². The molecular weight excluding hydrogens is 218 g/mol. The molecular formula is C13H19NO3. The largest absolute Gasteiger partial charge is 0.495 e. The van der Waals surface area contributed by atoms with Crippen molar-refractivity contribution in [3.63, 3.8) is 0 Å². The van der Waals surface area contributed by atoms with E-state index in [4.69, 9.17) is 9.47 Å². The van der Waals surface area contributed by atoms with Crippen LogP contribution in [0.25, 0.3) is 0 Å². The van der Waals surface area contributed by atoms with Crippen LogP contribution in [0.1, 0.15) is 20.3 Å². The fraction of sp³-hybridized carbons (Fsp3) is 0.462. The molecule has 0 aliphatic heterocycles. The third kappa shape index (κ3) is 2.90. The van der Waals surface area contributed by atoms with Gasteiger partial charge in [0.15, 0.2) is 0 Å². The van der Waals surface area contributed by atoms with Crippen molar-refractivity contribution in [2.75, 3.05) is 19.5 Å². The van der Waals surface area contributed by atoms with Crippen molar-refractivity contribution in [1.82, 2.24) is 0 Å². The summed E-state index contributed by atoms with van der Waals surface area (Å²) < 4.78 is 10.0. The summed E-state index contributed by atoms with van der Waals surface area (Å²) in [4.78, 5) is 11.7. The Hall–Kier alpha value is -1.71. The normalized spacial score (nSPS) is 13.6. The number of ether oxygens (including phenoxy) is 2. The Bertz CT molecular complexity index is 392. The number of carbonyl (C=O) groups is 1. The van der Waals surface area contributed by atoms with Crippen LogP contribution in [0.5, 0.6) is 5.75 Å². The number of esters is 1. The highest BCUT2D eigenvalue weighted by Gasteiger charge is 2.32. The zero-order valence-electron chi connectivity index (χ0n) is 10.7. The van der Waals surface area contributed by atoms with Gasteiger partial charge in [0.1, 0.15) is 11.3 Å². The van der Waals surface area contributed by atoms with Crippen molar-refractivity contribution in [3.8, 4) is 5.75 Å². The molecule has 0 aliphatic rings. The van der Waals surface area contributed by atoms with E-state index in [1.54, 1.807) is 7.11 Å². The van der Waals surface area contributed by atoms with Crippen molar-refractivity contribution >= 4 is 11.7 Å². The molecule has 0 aromatic heterocycles. The Morgan fingerprint density at radius 2 is 2.00 bits per heavy atom.